The molecule has 3 rings (SSSR count). The zero-order chi connectivity index (χ0) is 24.9. The van der Waals surface area contributed by atoms with Crippen molar-refractivity contribution in [3.63, 3.8) is 0 Å². The van der Waals surface area contributed by atoms with Gasteiger partial charge < -0.3 is 25.8 Å². The summed E-state index contributed by atoms with van der Waals surface area (Å²) in [6, 6.07) is 8.24. The van der Waals surface area contributed by atoms with Crippen LogP contribution in [0.4, 0.5) is 18.0 Å². The SMILES string of the molecule is CC1(C)CC(NC(=O)NCCC2CSc3ccccc3O2)CC(C)(C)N1.O=C(O)C(F)(F)F. The van der Waals surface area contributed by atoms with E-state index in [0.29, 0.717) is 6.54 Å². The number of carbonyl (C=O) groups is 2. The Bertz CT molecular complexity index is 817. The van der Waals surface area contributed by atoms with Crippen LogP contribution in [0.1, 0.15) is 47.0 Å². The largest absolute Gasteiger partial charge is 0.490 e. The minimum atomic E-state index is -5.08. The molecule has 0 saturated carbocycles. The van der Waals surface area contributed by atoms with Crippen LogP contribution in [0, 0.1) is 0 Å². The van der Waals surface area contributed by atoms with Gasteiger partial charge >= 0.3 is 18.2 Å². The van der Waals surface area contributed by atoms with Gasteiger partial charge in [-0.15, -0.1) is 11.8 Å². The van der Waals surface area contributed by atoms with Crippen LogP contribution in [0.2, 0.25) is 0 Å². The van der Waals surface area contributed by atoms with Gasteiger partial charge in [-0.25, -0.2) is 9.59 Å². The molecule has 1 fully saturated rings. The molecule has 0 aromatic heterocycles. The molecule has 2 aliphatic heterocycles. The lowest BCUT2D eigenvalue weighted by Crippen LogP contribution is -2.62. The van der Waals surface area contributed by atoms with Crippen molar-refractivity contribution >= 4 is 23.8 Å². The molecule has 1 aromatic carbocycles. The van der Waals surface area contributed by atoms with Gasteiger partial charge in [0.2, 0.25) is 0 Å². The van der Waals surface area contributed by atoms with E-state index in [1.165, 1.54) is 4.90 Å². The summed E-state index contributed by atoms with van der Waals surface area (Å²) in [4.78, 5) is 22.4. The minimum Gasteiger partial charge on any atom is -0.488 e. The van der Waals surface area contributed by atoms with Gasteiger partial charge in [-0.3, -0.25) is 0 Å². The van der Waals surface area contributed by atoms with Crippen molar-refractivity contribution < 1.29 is 32.6 Å². The number of fused-ring (bicyclic) bond motifs is 1. The Kier molecular flexibility index (Phi) is 8.92. The van der Waals surface area contributed by atoms with Gasteiger partial charge in [-0.1, -0.05) is 12.1 Å². The molecule has 2 aliphatic rings. The van der Waals surface area contributed by atoms with Crippen molar-refractivity contribution in [1.82, 2.24) is 16.0 Å². The molecule has 4 N–H and O–H groups in total. The van der Waals surface area contributed by atoms with E-state index in [-0.39, 0.29) is 29.3 Å². The van der Waals surface area contributed by atoms with Crippen molar-refractivity contribution in [2.24, 2.45) is 0 Å². The zero-order valence-corrected chi connectivity index (χ0v) is 20.0. The molecular formula is C22H32F3N3O4S. The zero-order valence-electron chi connectivity index (χ0n) is 19.2. The fourth-order valence-electron chi connectivity index (χ4n) is 4.21. The van der Waals surface area contributed by atoms with Crippen LogP contribution in [-0.2, 0) is 4.79 Å². The van der Waals surface area contributed by atoms with E-state index in [1.54, 1.807) is 0 Å². The van der Waals surface area contributed by atoms with Crippen LogP contribution in [0.3, 0.4) is 0 Å². The number of para-hydroxylation sites is 1. The average Bonchev–Trinajstić information content (AvgIpc) is 2.65. The molecule has 1 atom stereocenters. The van der Waals surface area contributed by atoms with Crippen molar-refractivity contribution in [3.8, 4) is 5.75 Å². The summed E-state index contributed by atoms with van der Waals surface area (Å²) < 4.78 is 37.8. The third-order valence-electron chi connectivity index (χ3n) is 5.09. The number of amides is 2. The first-order valence-corrected chi connectivity index (χ1v) is 11.7. The molecule has 0 bridgehead atoms. The van der Waals surface area contributed by atoms with Crippen LogP contribution in [0.15, 0.2) is 29.2 Å². The molecule has 1 saturated heterocycles. The number of carbonyl (C=O) groups excluding carboxylic acids is 1. The Morgan fingerprint density at radius 2 is 1.76 bits per heavy atom. The topological polar surface area (TPSA) is 99.7 Å². The second-order valence-electron chi connectivity index (χ2n) is 9.49. The normalized spacial score (nSPS) is 21.5. The van der Waals surface area contributed by atoms with Gasteiger partial charge in [0.25, 0.3) is 0 Å². The second-order valence-corrected chi connectivity index (χ2v) is 10.5. The molecule has 33 heavy (non-hydrogen) atoms. The summed E-state index contributed by atoms with van der Waals surface area (Å²) in [5, 5.41) is 16.9. The molecule has 1 aromatic rings. The average molecular weight is 492 g/mol. The number of benzene rings is 1. The molecular weight excluding hydrogens is 459 g/mol. The maximum absolute atomic E-state index is 12.3. The number of thioether (sulfide) groups is 1. The first-order valence-electron chi connectivity index (χ1n) is 10.7. The monoisotopic (exact) mass is 491 g/mol. The lowest BCUT2D eigenvalue weighted by Gasteiger charge is -2.46. The van der Waals surface area contributed by atoms with Crippen LogP contribution >= 0.6 is 11.8 Å². The predicted octanol–water partition coefficient (Wildman–Crippen LogP) is 4.17. The van der Waals surface area contributed by atoms with Gasteiger partial charge in [0.15, 0.2) is 0 Å². The molecule has 1 unspecified atom stereocenters. The number of alkyl halides is 3. The molecule has 0 aliphatic carbocycles. The predicted molar refractivity (Wildman–Crippen MR) is 121 cm³/mol. The van der Waals surface area contributed by atoms with Gasteiger partial charge in [-0.05, 0) is 52.7 Å². The summed E-state index contributed by atoms with van der Waals surface area (Å²) in [5.74, 6) is -0.873. The first kappa shape index (κ1) is 27.1. The number of hydrogen-bond donors (Lipinski definition) is 4. The van der Waals surface area contributed by atoms with Gasteiger partial charge in [0.1, 0.15) is 11.9 Å². The van der Waals surface area contributed by atoms with Crippen molar-refractivity contribution in [1.29, 1.82) is 0 Å². The number of piperidine rings is 1. The van der Waals surface area contributed by atoms with Crippen LogP contribution < -0.4 is 20.7 Å². The number of carboxylic acid groups (broad SMARTS) is 1. The van der Waals surface area contributed by atoms with Crippen LogP contribution in [0.5, 0.6) is 5.75 Å². The standard InChI is InChI=1S/C20H31N3O2S.C2HF3O2/c1-19(2)11-14(12-20(3,4)23-19)22-18(24)21-10-9-15-13-26-17-8-6-5-7-16(17)25-15;3-2(4,5)1(6)7/h5-8,14-15,23H,9-13H2,1-4H3,(H2,21,22,24);(H,6,7). The Labute approximate surface area is 196 Å². The summed E-state index contributed by atoms with van der Waals surface area (Å²) in [7, 11) is 0. The number of urea groups is 1. The van der Waals surface area contributed by atoms with E-state index in [1.807, 2.05) is 30.0 Å². The summed E-state index contributed by atoms with van der Waals surface area (Å²) in [6.45, 7) is 9.39. The Morgan fingerprint density at radius 3 is 2.33 bits per heavy atom. The van der Waals surface area contributed by atoms with E-state index >= 15 is 0 Å². The van der Waals surface area contributed by atoms with E-state index in [2.05, 4.69) is 49.7 Å². The molecule has 7 nitrogen and oxygen atoms in total. The Hall–Kier alpha value is -2.14. The maximum Gasteiger partial charge on any atom is 0.490 e. The van der Waals surface area contributed by atoms with E-state index in [0.717, 1.165) is 30.8 Å². The lowest BCUT2D eigenvalue weighted by atomic mass is 9.80. The smallest absolute Gasteiger partial charge is 0.488 e. The highest BCUT2D eigenvalue weighted by molar-refractivity contribution is 7.99. The molecule has 0 spiro atoms. The van der Waals surface area contributed by atoms with Crippen LogP contribution in [-0.4, -0.2) is 58.8 Å². The minimum absolute atomic E-state index is 0.0280. The fraction of sp³-hybridized carbons (Fsp3) is 0.636. The Balaban J connectivity index is 0.000000479. The Morgan fingerprint density at radius 1 is 1.18 bits per heavy atom. The first-order chi connectivity index (χ1) is 15.2. The molecule has 186 valence electrons. The van der Waals surface area contributed by atoms with Crippen LogP contribution in [0.25, 0.3) is 0 Å². The van der Waals surface area contributed by atoms with Crippen molar-refractivity contribution in [2.45, 2.75) is 81.3 Å². The lowest BCUT2D eigenvalue weighted by molar-refractivity contribution is -0.192. The number of nitrogens with one attached hydrogen (secondary N) is 3. The van der Waals surface area contributed by atoms with E-state index in [9.17, 15) is 18.0 Å². The molecule has 2 heterocycles. The third kappa shape index (κ3) is 9.32. The highest BCUT2D eigenvalue weighted by Gasteiger charge is 2.39. The maximum atomic E-state index is 12.3. The van der Waals surface area contributed by atoms with E-state index < -0.39 is 12.1 Å². The molecule has 11 heteroatoms. The van der Waals surface area contributed by atoms with Gasteiger partial charge in [0.05, 0.1) is 0 Å². The number of aliphatic carboxylic acids is 1. The highest BCUT2D eigenvalue weighted by Crippen LogP contribution is 2.35. The second kappa shape index (κ2) is 10.9. The number of carboxylic acids is 1. The van der Waals surface area contributed by atoms with Crippen molar-refractivity contribution in [3.05, 3.63) is 24.3 Å². The van der Waals surface area contributed by atoms with Gasteiger partial charge in [-0.2, -0.15) is 13.2 Å². The van der Waals surface area contributed by atoms with Crippen molar-refractivity contribution in [2.75, 3.05) is 12.3 Å². The van der Waals surface area contributed by atoms with Gasteiger partial charge in [0, 0.05) is 40.7 Å². The number of rotatable bonds is 4. The highest BCUT2D eigenvalue weighted by atomic mass is 32.2. The molecule has 2 amide bonds. The number of halogens is 3. The number of ether oxygens (including phenoxy) is 1. The summed E-state index contributed by atoms with van der Waals surface area (Å²) in [6.07, 6.45) is -2.25. The fourth-order valence-corrected chi connectivity index (χ4v) is 5.25. The summed E-state index contributed by atoms with van der Waals surface area (Å²) in [5.41, 5.74) is 0.0560. The summed E-state index contributed by atoms with van der Waals surface area (Å²) >= 11 is 1.82. The quantitative estimate of drug-likeness (QED) is 0.505. The number of hydrogen-bond acceptors (Lipinski definition) is 5. The molecule has 0 radical (unpaired) electrons. The van der Waals surface area contributed by atoms with E-state index in [4.69, 9.17) is 14.6 Å². The third-order valence-corrected chi connectivity index (χ3v) is 6.27.